The molecule has 1 aromatic carbocycles. The first-order valence-electron chi connectivity index (χ1n) is 11.8. The van der Waals surface area contributed by atoms with Crippen molar-refractivity contribution in [2.75, 3.05) is 6.61 Å². The molecule has 4 aromatic heterocycles. The van der Waals surface area contributed by atoms with Crippen LogP contribution in [0.1, 0.15) is 11.3 Å². The van der Waals surface area contributed by atoms with Crippen molar-refractivity contribution in [1.82, 2.24) is 28.9 Å². The summed E-state index contributed by atoms with van der Waals surface area (Å²) in [7, 11) is -1.12. The van der Waals surface area contributed by atoms with Gasteiger partial charge in [0.25, 0.3) is 0 Å². The largest absolute Gasteiger partial charge is 0.437 e. The monoisotopic (exact) mass is 486 g/mol. The van der Waals surface area contributed by atoms with Gasteiger partial charge in [-0.25, -0.2) is 15.0 Å². The van der Waals surface area contributed by atoms with Gasteiger partial charge in [0, 0.05) is 38.8 Å². The van der Waals surface area contributed by atoms with Crippen molar-refractivity contribution < 1.29 is 9.47 Å². The zero-order chi connectivity index (χ0) is 24.6. The van der Waals surface area contributed by atoms with Crippen LogP contribution in [-0.2, 0) is 11.5 Å². The summed E-state index contributed by atoms with van der Waals surface area (Å²) >= 11 is 0. The molecule has 8 nitrogen and oxygen atoms in total. The number of hydrogen-bond acceptors (Lipinski definition) is 6. The average Bonchev–Trinajstić information content (AvgIpc) is 3.45. The quantitative estimate of drug-likeness (QED) is 0.202. The molecule has 0 amide bonds. The molecule has 0 atom stereocenters. The summed E-state index contributed by atoms with van der Waals surface area (Å²) in [6.07, 6.45) is 9.06. The lowest BCUT2D eigenvalue weighted by atomic mass is 10.0. The van der Waals surface area contributed by atoms with Crippen LogP contribution in [0.15, 0.2) is 55.4 Å². The molecule has 180 valence electrons. The molecule has 5 rings (SSSR count). The number of imidazole rings is 2. The summed E-state index contributed by atoms with van der Waals surface area (Å²) in [4.78, 5) is 17.9. The van der Waals surface area contributed by atoms with Crippen molar-refractivity contribution in [3.8, 4) is 22.9 Å². The number of aromatic nitrogens is 6. The number of rotatable bonds is 8. The molecule has 0 saturated carbocycles. The van der Waals surface area contributed by atoms with Crippen LogP contribution >= 0.6 is 0 Å². The van der Waals surface area contributed by atoms with E-state index in [1.54, 1.807) is 24.9 Å². The Labute approximate surface area is 205 Å². The fourth-order valence-corrected chi connectivity index (χ4v) is 4.83. The number of fused-ring (bicyclic) bond motifs is 2. The van der Waals surface area contributed by atoms with Crippen LogP contribution in [0.2, 0.25) is 25.7 Å². The zero-order valence-corrected chi connectivity index (χ0v) is 21.8. The second-order valence-electron chi connectivity index (χ2n) is 9.97. The molecule has 0 saturated heterocycles. The zero-order valence-electron chi connectivity index (χ0n) is 20.8. The van der Waals surface area contributed by atoms with Gasteiger partial charge in [0.1, 0.15) is 12.5 Å². The van der Waals surface area contributed by atoms with Crippen LogP contribution in [0.3, 0.4) is 0 Å². The van der Waals surface area contributed by atoms with Crippen molar-refractivity contribution in [2.45, 2.75) is 46.3 Å². The molecule has 0 aliphatic rings. The van der Waals surface area contributed by atoms with Crippen LogP contribution in [0.4, 0.5) is 0 Å². The predicted molar refractivity (Wildman–Crippen MR) is 140 cm³/mol. The van der Waals surface area contributed by atoms with E-state index in [0.29, 0.717) is 23.9 Å². The third kappa shape index (κ3) is 4.82. The molecule has 5 aromatic rings. The standard InChI is InChI=1S/C26H30N6O2Si/c1-18-14-20(6-7-21(18)25-19(2)29-15-23-27-10-11-32(23)25)34-26-24-22(8-9-28-26)31(16-30-24)17-33-12-13-35(3,4)5/h6-11,14-16H,12-13,17H2,1-5H3. The predicted octanol–water partition coefficient (Wildman–Crippen LogP) is 5.86. The minimum Gasteiger partial charge on any atom is -0.437 e. The highest BCUT2D eigenvalue weighted by Crippen LogP contribution is 2.32. The Kier molecular flexibility index (Phi) is 6.12. The molecular weight excluding hydrogens is 456 g/mol. The van der Waals surface area contributed by atoms with Crippen LogP contribution in [-0.4, -0.2) is 43.6 Å². The maximum Gasteiger partial charge on any atom is 0.247 e. The van der Waals surface area contributed by atoms with E-state index >= 15 is 0 Å². The first kappa shape index (κ1) is 23.2. The van der Waals surface area contributed by atoms with Crippen LogP contribution in [0.5, 0.6) is 11.6 Å². The highest BCUT2D eigenvalue weighted by molar-refractivity contribution is 6.76. The van der Waals surface area contributed by atoms with Crippen LogP contribution < -0.4 is 4.74 Å². The summed E-state index contributed by atoms with van der Waals surface area (Å²) in [6.45, 7) is 12.4. The number of ether oxygens (including phenoxy) is 2. The van der Waals surface area contributed by atoms with Gasteiger partial charge in [0.15, 0.2) is 11.2 Å². The smallest absolute Gasteiger partial charge is 0.247 e. The summed E-state index contributed by atoms with van der Waals surface area (Å²) in [5.74, 6) is 1.18. The maximum absolute atomic E-state index is 6.19. The van der Waals surface area contributed by atoms with Crippen molar-refractivity contribution in [2.24, 2.45) is 0 Å². The molecule has 0 N–H and O–H groups in total. The topological polar surface area (TPSA) is 79.4 Å². The van der Waals surface area contributed by atoms with E-state index < -0.39 is 8.07 Å². The van der Waals surface area contributed by atoms with Crippen molar-refractivity contribution in [1.29, 1.82) is 0 Å². The third-order valence-corrected chi connectivity index (χ3v) is 7.73. The van der Waals surface area contributed by atoms with Gasteiger partial charge in [0.05, 0.1) is 29.4 Å². The van der Waals surface area contributed by atoms with Crippen molar-refractivity contribution in [3.05, 3.63) is 66.6 Å². The van der Waals surface area contributed by atoms with Crippen molar-refractivity contribution in [3.63, 3.8) is 0 Å². The van der Waals surface area contributed by atoms with Crippen molar-refractivity contribution >= 4 is 24.8 Å². The summed E-state index contributed by atoms with van der Waals surface area (Å²) in [5.41, 5.74) is 6.59. The summed E-state index contributed by atoms with van der Waals surface area (Å²) in [5, 5.41) is 0. The number of nitrogens with zero attached hydrogens (tertiary/aromatic N) is 6. The van der Waals surface area contributed by atoms with Gasteiger partial charge < -0.3 is 14.0 Å². The molecule has 0 unspecified atom stereocenters. The lowest BCUT2D eigenvalue weighted by Crippen LogP contribution is -2.21. The number of pyridine rings is 1. The Hall–Kier alpha value is -3.56. The Morgan fingerprint density at radius 2 is 1.83 bits per heavy atom. The molecule has 0 spiro atoms. The Morgan fingerprint density at radius 1 is 0.971 bits per heavy atom. The lowest BCUT2D eigenvalue weighted by molar-refractivity contribution is 0.0898. The molecule has 0 aliphatic carbocycles. The average molecular weight is 487 g/mol. The van der Waals surface area contributed by atoms with Crippen LogP contribution in [0, 0.1) is 13.8 Å². The number of hydrogen-bond donors (Lipinski definition) is 0. The van der Waals surface area contributed by atoms with E-state index in [2.05, 4.69) is 57.0 Å². The maximum atomic E-state index is 6.19. The molecule has 35 heavy (non-hydrogen) atoms. The van der Waals surface area contributed by atoms with Gasteiger partial charge in [0.2, 0.25) is 5.88 Å². The number of aryl methyl sites for hydroxylation is 2. The lowest BCUT2D eigenvalue weighted by Gasteiger charge is -2.15. The third-order valence-electron chi connectivity index (χ3n) is 6.03. The fraction of sp³-hybridized carbons (Fsp3) is 0.308. The second-order valence-corrected chi connectivity index (χ2v) is 15.6. The molecule has 0 bridgehead atoms. The van der Waals surface area contributed by atoms with E-state index in [4.69, 9.17) is 9.47 Å². The molecule has 9 heteroatoms. The van der Waals surface area contributed by atoms with Gasteiger partial charge >= 0.3 is 0 Å². The summed E-state index contributed by atoms with van der Waals surface area (Å²) < 4.78 is 16.2. The fourth-order valence-electron chi connectivity index (χ4n) is 4.08. The second kappa shape index (κ2) is 9.24. The van der Waals surface area contributed by atoms with E-state index in [9.17, 15) is 0 Å². The molecular formula is C26H30N6O2Si. The van der Waals surface area contributed by atoms with E-state index in [1.807, 2.05) is 35.9 Å². The SMILES string of the molecule is Cc1cc(Oc2nccc3c2ncn3COCC[Si](C)(C)C)ccc1-c1c(C)ncc2nccn12. The normalized spacial score (nSPS) is 12.0. The first-order valence-corrected chi connectivity index (χ1v) is 15.5. The Morgan fingerprint density at radius 3 is 2.63 bits per heavy atom. The Bertz CT molecular complexity index is 1500. The molecule has 4 heterocycles. The van der Waals surface area contributed by atoms with E-state index in [0.717, 1.165) is 46.3 Å². The van der Waals surface area contributed by atoms with Gasteiger partial charge in [-0.15, -0.1) is 0 Å². The van der Waals surface area contributed by atoms with Gasteiger partial charge in [-0.3, -0.25) is 9.38 Å². The highest BCUT2D eigenvalue weighted by Gasteiger charge is 2.15. The van der Waals surface area contributed by atoms with Crippen LogP contribution in [0.25, 0.3) is 27.9 Å². The molecule has 0 fully saturated rings. The van der Waals surface area contributed by atoms with E-state index in [1.165, 1.54) is 0 Å². The van der Waals surface area contributed by atoms with E-state index in [-0.39, 0.29) is 0 Å². The molecule has 0 radical (unpaired) electrons. The summed E-state index contributed by atoms with van der Waals surface area (Å²) in [6, 6.07) is 9.10. The Balaban J connectivity index is 1.38. The molecule has 0 aliphatic heterocycles. The first-order chi connectivity index (χ1) is 16.8. The van der Waals surface area contributed by atoms with Gasteiger partial charge in [-0.1, -0.05) is 19.6 Å². The minimum atomic E-state index is -1.12. The highest BCUT2D eigenvalue weighted by atomic mass is 28.3. The van der Waals surface area contributed by atoms with Gasteiger partial charge in [-0.05, 0) is 49.7 Å². The minimum absolute atomic E-state index is 0.464. The number of benzene rings is 1. The van der Waals surface area contributed by atoms with Gasteiger partial charge in [-0.2, -0.15) is 0 Å².